The fraction of sp³-hybridized carbons (Fsp3) is 0.0500. The van der Waals surface area contributed by atoms with Gasteiger partial charge in [0.15, 0.2) is 0 Å². The van der Waals surface area contributed by atoms with Gasteiger partial charge in [-0.2, -0.15) is 0 Å². The number of rotatable bonds is 6. The number of anilines is 2. The van der Waals surface area contributed by atoms with Crippen molar-refractivity contribution in [1.82, 2.24) is 9.97 Å². The summed E-state index contributed by atoms with van der Waals surface area (Å²) in [5.41, 5.74) is 7.49. The standard InChI is InChI=1S/C20H14ClN4O3/c21-15-9-13(5-6-17(15)28-11-12-7-8-27-10-12)23-19-14-3-1-2-4-16(14)24-20(25-19)18(22)26/h2-10H,11H2,(H2,22,26)(H,23,24,25). The molecule has 0 atom stereocenters. The molecule has 0 saturated carbocycles. The van der Waals surface area contributed by atoms with Gasteiger partial charge in [-0.15, -0.1) is 0 Å². The van der Waals surface area contributed by atoms with E-state index in [1.165, 1.54) is 0 Å². The number of nitrogens with zero attached hydrogens (tertiary/aromatic N) is 2. The fourth-order valence-corrected chi connectivity index (χ4v) is 2.82. The summed E-state index contributed by atoms with van der Waals surface area (Å²) in [6.07, 6.45) is 3.19. The Kier molecular flexibility index (Phi) is 4.82. The summed E-state index contributed by atoms with van der Waals surface area (Å²) < 4.78 is 10.7. The molecule has 1 radical (unpaired) electrons. The van der Waals surface area contributed by atoms with Crippen LogP contribution in [0.4, 0.5) is 11.5 Å². The van der Waals surface area contributed by atoms with E-state index in [4.69, 9.17) is 26.5 Å². The maximum absolute atomic E-state index is 11.5. The second-order valence-corrected chi connectivity index (χ2v) is 6.30. The van der Waals surface area contributed by atoms with Gasteiger partial charge in [-0.1, -0.05) is 17.7 Å². The van der Waals surface area contributed by atoms with Crippen LogP contribution in [0.15, 0.2) is 59.4 Å². The van der Waals surface area contributed by atoms with Crippen LogP contribution in [0.25, 0.3) is 10.9 Å². The third kappa shape index (κ3) is 3.74. The molecule has 7 nitrogen and oxygen atoms in total. The van der Waals surface area contributed by atoms with E-state index in [2.05, 4.69) is 21.4 Å². The Morgan fingerprint density at radius 3 is 2.93 bits per heavy atom. The molecule has 139 valence electrons. The number of hydrogen-bond acceptors (Lipinski definition) is 6. The Labute approximate surface area is 165 Å². The summed E-state index contributed by atoms with van der Waals surface area (Å²) in [6, 6.07) is 15.2. The summed E-state index contributed by atoms with van der Waals surface area (Å²) >= 11 is 6.33. The van der Waals surface area contributed by atoms with Gasteiger partial charge in [0.2, 0.25) is 5.82 Å². The molecule has 0 bridgehead atoms. The molecule has 2 aromatic carbocycles. The van der Waals surface area contributed by atoms with Gasteiger partial charge in [0.1, 0.15) is 18.2 Å². The van der Waals surface area contributed by atoms with Crippen molar-refractivity contribution in [3.05, 3.63) is 77.5 Å². The summed E-state index contributed by atoms with van der Waals surface area (Å²) in [7, 11) is 0. The molecule has 0 aliphatic rings. The first-order chi connectivity index (χ1) is 13.6. The van der Waals surface area contributed by atoms with Crippen LogP contribution in [0.1, 0.15) is 16.2 Å². The smallest absolute Gasteiger partial charge is 0.286 e. The van der Waals surface area contributed by atoms with Crippen molar-refractivity contribution >= 4 is 39.9 Å². The molecule has 0 spiro atoms. The largest absolute Gasteiger partial charge is 0.487 e. The lowest BCUT2D eigenvalue weighted by Crippen LogP contribution is -2.16. The van der Waals surface area contributed by atoms with Crippen LogP contribution in [-0.4, -0.2) is 15.9 Å². The van der Waals surface area contributed by atoms with Gasteiger partial charge in [-0.25, -0.2) is 9.97 Å². The molecule has 3 N–H and O–H groups in total. The molecular formula is C20H14ClN4O3. The van der Waals surface area contributed by atoms with Gasteiger partial charge >= 0.3 is 0 Å². The molecule has 0 aliphatic carbocycles. The number of amides is 1. The highest BCUT2D eigenvalue weighted by molar-refractivity contribution is 6.32. The third-order valence-corrected chi connectivity index (χ3v) is 4.23. The number of primary amides is 1. The maximum atomic E-state index is 11.5. The highest BCUT2D eigenvalue weighted by Gasteiger charge is 2.12. The molecule has 1 amide bonds. The predicted octanol–water partition coefficient (Wildman–Crippen LogP) is 4.10. The second-order valence-electron chi connectivity index (χ2n) is 5.89. The van der Waals surface area contributed by atoms with E-state index in [-0.39, 0.29) is 5.82 Å². The SMILES string of the molecule is NC(=O)c1nc(Nc2ccc(OCc3ccoc3)c(Cl)c2)c2c[c]ccc2n1. The van der Waals surface area contributed by atoms with Crippen LogP contribution in [0, 0.1) is 6.07 Å². The van der Waals surface area contributed by atoms with Gasteiger partial charge in [0.05, 0.1) is 23.1 Å². The number of nitrogens with one attached hydrogen (secondary N) is 1. The van der Waals surface area contributed by atoms with Crippen LogP contribution in [0.5, 0.6) is 5.75 Å². The van der Waals surface area contributed by atoms with Crippen molar-refractivity contribution in [1.29, 1.82) is 0 Å². The zero-order valence-electron chi connectivity index (χ0n) is 14.5. The van der Waals surface area contributed by atoms with Gasteiger partial charge < -0.3 is 20.2 Å². The molecule has 0 aliphatic heterocycles. The molecule has 2 aromatic heterocycles. The maximum Gasteiger partial charge on any atom is 0.286 e. The number of benzene rings is 2. The summed E-state index contributed by atoms with van der Waals surface area (Å²) in [6.45, 7) is 0.345. The topological polar surface area (TPSA) is 103 Å². The van der Waals surface area contributed by atoms with Crippen molar-refractivity contribution in [3.63, 3.8) is 0 Å². The zero-order valence-corrected chi connectivity index (χ0v) is 15.2. The number of hydrogen-bond donors (Lipinski definition) is 2. The van der Waals surface area contributed by atoms with Crippen LogP contribution < -0.4 is 15.8 Å². The number of carbonyl (C=O) groups excluding carboxylic acids is 1. The molecule has 4 aromatic rings. The van der Waals surface area contributed by atoms with Crippen LogP contribution in [-0.2, 0) is 6.61 Å². The normalized spacial score (nSPS) is 10.8. The quantitative estimate of drug-likeness (QED) is 0.511. The van der Waals surface area contributed by atoms with Gasteiger partial charge in [-0.05, 0) is 42.5 Å². The number of furan rings is 1. The summed E-state index contributed by atoms with van der Waals surface area (Å²) in [5.74, 6) is 0.178. The average Bonchev–Trinajstić information content (AvgIpc) is 3.21. The molecule has 28 heavy (non-hydrogen) atoms. The van der Waals surface area contributed by atoms with Gasteiger partial charge in [0.25, 0.3) is 5.91 Å². The number of aromatic nitrogens is 2. The van der Waals surface area contributed by atoms with Gasteiger partial charge in [-0.3, -0.25) is 4.79 Å². The van der Waals surface area contributed by atoms with Crippen LogP contribution >= 0.6 is 11.6 Å². The van der Waals surface area contributed by atoms with E-state index in [0.717, 1.165) is 5.56 Å². The van der Waals surface area contributed by atoms with E-state index in [1.807, 2.05) is 6.07 Å². The summed E-state index contributed by atoms with van der Waals surface area (Å²) in [5, 5.41) is 4.27. The average molecular weight is 394 g/mol. The van der Waals surface area contributed by atoms with Crippen LogP contribution in [0.3, 0.4) is 0 Å². The van der Waals surface area contributed by atoms with E-state index in [9.17, 15) is 4.79 Å². The Morgan fingerprint density at radius 1 is 1.29 bits per heavy atom. The molecule has 0 fully saturated rings. The van der Waals surface area contributed by atoms with Crippen molar-refractivity contribution in [2.24, 2.45) is 5.73 Å². The first-order valence-electron chi connectivity index (χ1n) is 8.28. The van der Waals surface area contributed by atoms with Crippen molar-refractivity contribution < 1.29 is 13.9 Å². The van der Waals surface area contributed by atoms with E-state index >= 15 is 0 Å². The molecule has 8 heteroatoms. The Morgan fingerprint density at radius 2 is 2.18 bits per heavy atom. The van der Waals surface area contributed by atoms with Crippen molar-refractivity contribution in [2.75, 3.05) is 5.32 Å². The fourth-order valence-electron chi connectivity index (χ4n) is 2.59. The Balaban J connectivity index is 1.60. The minimum Gasteiger partial charge on any atom is -0.487 e. The number of nitrogens with two attached hydrogens (primary N) is 1. The number of carbonyl (C=O) groups is 1. The molecule has 4 rings (SSSR count). The lowest BCUT2D eigenvalue weighted by atomic mass is 10.2. The van der Waals surface area contributed by atoms with Crippen molar-refractivity contribution in [2.45, 2.75) is 6.61 Å². The first kappa shape index (κ1) is 17.8. The minimum atomic E-state index is -0.709. The summed E-state index contributed by atoms with van der Waals surface area (Å²) in [4.78, 5) is 19.9. The van der Waals surface area contributed by atoms with Gasteiger partial charge in [0, 0.05) is 16.6 Å². The molecule has 0 unspecified atom stereocenters. The number of ether oxygens (including phenoxy) is 1. The van der Waals surface area contributed by atoms with Crippen molar-refractivity contribution in [3.8, 4) is 5.75 Å². The predicted molar refractivity (Wildman–Crippen MR) is 105 cm³/mol. The monoisotopic (exact) mass is 393 g/mol. The van der Waals surface area contributed by atoms with E-state index < -0.39 is 5.91 Å². The Hall–Kier alpha value is -3.58. The number of fused-ring (bicyclic) bond motifs is 1. The Bertz CT molecular complexity index is 1150. The lowest BCUT2D eigenvalue weighted by Gasteiger charge is -2.12. The highest BCUT2D eigenvalue weighted by Crippen LogP contribution is 2.31. The molecular weight excluding hydrogens is 380 g/mol. The number of halogens is 1. The first-order valence-corrected chi connectivity index (χ1v) is 8.66. The molecule has 2 heterocycles. The zero-order chi connectivity index (χ0) is 19.5. The lowest BCUT2D eigenvalue weighted by molar-refractivity contribution is 0.0991. The third-order valence-electron chi connectivity index (χ3n) is 3.93. The van der Waals surface area contributed by atoms with Crippen LogP contribution in [0.2, 0.25) is 5.02 Å². The molecule has 0 saturated heterocycles. The van der Waals surface area contributed by atoms with E-state index in [0.29, 0.717) is 39.8 Å². The highest BCUT2D eigenvalue weighted by atomic mass is 35.5. The second kappa shape index (κ2) is 7.58. The van der Waals surface area contributed by atoms with E-state index in [1.54, 1.807) is 48.9 Å². The minimum absolute atomic E-state index is 0.0765.